The van der Waals surface area contributed by atoms with Crippen LogP contribution in [0.25, 0.3) is 0 Å². The zero-order valence-electron chi connectivity index (χ0n) is 15.4. The summed E-state index contributed by atoms with van der Waals surface area (Å²) >= 11 is 0. The van der Waals surface area contributed by atoms with Gasteiger partial charge in [0.05, 0.1) is 6.10 Å². The van der Waals surface area contributed by atoms with Crippen molar-refractivity contribution < 1.29 is 19.3 Å². The minimum absolute atomic E-state index is 0.0588. The van der Waals surface area contributed by atoms with Crippen molar-refractivity contribution >= 4 is 18.7 Å². The van der Waals surface area contributed by atoms with Crippen LogP contribution < -0.4 is 0 Å². The smallest absolute Gasteiger partial charge is 0.427 e. The Labute approximate surface area is 154 Å². The second-order valence-electron chi connectivity index (χ2n) is 7.91. The fourth-order valence-corrected chi connectivity index (χ4v) is 5.21. The van der Waals surface area contributed by atoms with Crippen molar-refractivity contribution in [1.29, 1.82) is 0 Å². The Hall–Kier alpha value is -1.72. The van der Waals surface area contributed by atoms with Gasteiger partial charge in [0.25, 0.3) is 0 Å². The summed E-state index contributed by atoms with van der Waals surface area (Å²) in [6.07, 6.45) is 3.82. The Morgan fingerprint density at radius 1 is 1.15 bits per heavy atom. The molecule has 2 aliphatic carbocycles. The summed E-state index contributed by atoms with van der Waals surface area (Å²) in [6, 6.07) is 7.17. The lowest BCUT2D eigenvalue weighted by Gasteiger charge is -2.46. The quantitative estimate of drug-likeness (QED) is 0.665. The van der Waals surface area contributed by atoms with Crippen LogP contribution in [-0.4, -0.2) is 29.8 Å². The SMILES string of the molecule is CCCC[C@H]1OB(O)C[C@H]2C1=C(C)C[C@H]1C(=O)c3ccccc3C(=O)[C@H]12. The van der Waals surface area contributed by atoms with Gasteiger partial charge in [-0.3, -0.25) is 9.59 Å². The number of hydrogen-bond donors (Lipinski definition) is 1. The molecule has 1 fully saturated rings. The van der Waals surface area contributed by atoms with E-state index in [2.05, 4.69) is 13.8 Å². The highest BCUT2D eigenvalue weighted by Gasteiger charge is 2.52. The van der Waals surface area contributed by atoms with Gasteiger partial charge in [-0.25, -0.2) is 0 Å². The average molecular weight is 352 g/mol. The van der Waals surface area contributed by atoms with E-state index < -0.39 is 7.12 Å². The first-order valence-electron chi connectivity index (χ1n) is 9.73. The van der Waals surface area contributed by atoms with Crippen molar-refractivity contribution in [1.82, 2.24) is 0 Å². The van der Waals surface area contributed by atoms with Gasteiger partial charge in [-0.2, -0.15) is 0 Å². The maximum Gasteiger partial charge on any atom is 0.455 e. The van der Waals surface area contributed by atoms with Crippen molar-refractivity contribution in [3.8, 4) is 0 Å². The fourth-order valence-electron chi connectivity index (χ4n) is 5.21. The number of Topliss-reactive ketones (excluding diaryl/α,β-unsaturated/α-hetero) is 2. The Kier molecular flexibility index (Phi) is 4.62. The summed E-state index contributed by atoms with van der Waals surface area (Å²) in [6.45, 7) is 4.20. The highest BCUT2D eigenvalue weighted by molar-refractivity contribution is 6.43. The van der Waals surface area contributed by atoms with Gasteiger partial charge >= 0.3 is 7.12 Å². The molecule has 4 nitrogen and oxygen atoms in total. The lowest BCUT2D eigenvalue weighted by atomic mass is 9.54. The molecule has 1 heterocycles. The lowest BCUT2D eigenvalue weighted by Crippen LogP contribution is -2.50. The summed E-state index contributed by atoms with van der Waals surface area (Å²) in [5, 5.41) is 10.3. The van der Waals surface area contributed by atoms with E-state index in [-0.39, 0.29) is 35.4 Å². The van der Waals surface area contributed by atoms with Crippen LogP contribution in [0.15, 0.2) is 35.4 Å². The van der Waals surface area contributed by atoms with E-state index in [0.29, 0.717) is 23.9 Å². The topological polar surface area (TPSA) is 63.6 Å². The molecule has 1 aromatic rings. The van der Waals surface area contributed by atoms with E-state index in [1.165, 1.54) is 11.1 Å². The first-order valence-corrected chi connectivity index (χ1v) is 9.73. The van der Waals surface area contributed by atoms with Gasteiger partial charge in [0.2, 0.25) is 0 Å². The predicted octanol–water partition coefficient (Wildman–Crippen LogP) is 3.70. The molecule has 1 aromatic carbocycles. The maximum atomic E-state index is 13.3. The van der Waals surface area contributed by atoms with Crippen molar-refractivity contribution in [2.24, 2.45) is 17.8 Å². The largest absolute Gasteiger partial charge is 0.455 e. The van der Waals surface area contributed by atoms with Crippen LogP contribution in [0.3, 0.4) is 0 Å². The maximum absolute atomic E-state index is 13.3. The molecule has 136 valence electrons. The van der Waals surface area contributed by atoms with Crippen molar-refractivity contribution in [3.63, 3.8) is 0 Å². The third kappa shape index (κ3) is 2.69. The van der Waals surface area contributed by atoms with Gasteiger partial charge in [-0.1, -0.05) is 49.6 Å². The first-order chi connectivity index (χ1) is 12.5. The third-order valence-corrected chi connectivity index (χ3v) is 6.33. The van der Waals surface area contributed by atoms with Crippen LogP contribution in [0.1, 0.15) is 60.2 Å². The molecule has 3 aliphatic rings. The highest BCUT2D eigenvalue weighted by atomic mass is 16.5. The van der Waals surface area contributed by atoms with E-state index in [4.69, 9.17) is 4.65 Å². The summed E-state index contributed by atoms with van der Waals surface area (Å²) in [4.78, 5) is 26.4. The van der Waals surface area contributed by atoms with Crippen LogP contribution >= 0.6 is 0 Å². The van der Waals surface area contributed by atoms with Crippen LogP contribution in [0, 0.1) is 17.8 Å². The monoisotopic (exact) mass is 352 g/mol. The van der Waals surface area contributed by atoms with E-state index in [1.54, 1.807) is 12.1 Å². The molecule has 1 N–H and O–H groups in total. The number of allylic oxidation sites excluding steroid dienone is 1. The Morgan fingerprint density at radius 3 is 2.54 bits per heavy atom. The Morgan fingerprint density at radius 2 is 1.85 bits per heavy atom. The number of carbonyl (C=O) groups is 2. The van der Waals surface area contributed by atoms with E-state index in [0.717, 1.165) is 19.3 Å². The molecule has 1 saturated heterocycles. The molecular weight excluding hydrogens is 327 g/mol. The number of benzene rings is 1. The zero-order valence-corrected chi connectivity index (χ0v) is 15.4. The number of fused-ring (bicyclic) bond motifs is 4. The molecule has 0 unspecified atom stereocenters. The molecule has 0 bridgehead atoms. The van der Waals surface area contributed by atoms with Gasteiger partial charge in [-0.05, 0) is 37.6 Å². The fraction of sp³-hybridized carbons (Fsp3) is 0.524. The molecular formula is C21H25BO4. The van der Waals surface area contributed by atoms with Crippen molar-refractivity contribution in [3.05, 3.63) is 46.5 Å². The molecule has 0 spiro atoms. The first kappa shape index (κ1) is 17.7. The summed E-state index contributed by atoms with van der Waals surface area (Å²) in [7, 11) is -0.864. The number of rotatable bonds is 3. The summed E-state index contributed by atoms with van der Waals surface area (Å²) < 4.78 is 5.84. The third-order valence-electron chi connectivity index (χ3n) is 6.33. The molecule has 0 aromatic heterocycles. The minimum Gasteiger partial charge on any atom is -0.427 e. The summed E-state index contributed by atoms with van der Waals surface area (Å²) in [5.74, 6) is -0.621. The van der Waals surface area contributed by atoms with Gasteiger partial charge < -0.3 is 9.68 Å². The van der Waals surface area contributed by atoms with Gasteiger partial charge in [0.1, 0.15) is 0 Å². The van der Waals surface area contributed by atoms with Crippen molar-refractivity contribution in [2.45, 2.75) is 52.0 Å². The molecule has 1 aliphatic heterocycles. The molecule has 0 saturated carbocycles. The second-order valence-corrected chi connectivity index (χ2v) is 7.91. The molecule has 0 amide bonds. The zero-order chi connectivity index (χ0) is 18.4. The van der Waals surface area contributed by atoms with Gasteiger partial charge in [-0.15, -0.1) is 0 Å². The van der Waals surface area contributed by atoms with Gasteiger partial charge in [0.15, 0.2) is 11.6 Å². The van der Waals surface area contributed by atoms with Crippen LogP contribution in [0.2, 0.25) is 6.32 Å². The van der Waals surface area contributed by atoms with Crippen molar-refractivity contribution in [2.75, 3.05) is 0 Å². The normalized spacial score (nSPS) is 30.8. The van der Waals surface area contributed by atoms with Crippen LogP contribution in [-0.2, 0) is 4.65 Å². The molecule has 0 radical (unpaired) electrons. The average Bonchev–Trinajstić information content (AvgIpc) is 2.63. The molecule has 26 heavy (non-hydrogen) atoms. The van der Waals surface area contributed by atoms with E-state index in [9.17, 15) is 14.6 Å². The van der Waals surface area contributed by atoms with Crippen LogP contribution in [0.4, 0.5) is 0 Å². The highest BCUT2D eigenvalue weighted by Crippen LogP contribution is 2.50. The van der Waals surface area contributed by atoms with E-state index >= 15 is 0 Å². The molecule has 4 rings (SSSR count). The summed E-state index contributed by atoms with van der Waals surface area (Å²) in [5.41, 5.74) is 3.45. The molecule has 4 atom stereocenters. The lowest BCUT2D eigenvalue weighted by molar-refractivity contribution is 0.0600. The number of carbonyl (C=O) groups excluding carboxylic acids is 2. The van der Waals surface area contributed by atoms with Crippen LogP contribution in [0.5, 0.6) is 0 Å². The van der Waals surface area contributed by atoms with E-state index in [1.807, 2.05) is 12.1 Å². The van der Waals surface area contributed by atoms with Gasteiger partial charge in [0, 0.05) is 23.0 Å². The predicted molar refractivity (Wildman–Crippen MR) is 100 cm³/mol. The second kappa shape index (κ2) is 6.78. The Balaban J connectivity index is 1.77. The number of unbranched alkanes of at least 4 members (excludes halogenated alkanes) is 1. The standard InChI is InChI=1S/C21H25BO4/c1-3-4-9-17-18-12(2)10-15-19(16(18)11-22(25)26-17)21(24)14-8-6-5-7-13(14)20(15)23/h5-8,15-17,19,25H,3-4,9-11H2,1-2H3/t15-,16+,17-,19-/m1/s1. The number of hydrogen-bond acceptors (Lipinski definition) is 4. The Bertz CT molecular complexity index is 784. The molecule has 5 heteroatoms. The number of ketones is 2. The minimum atomic E-state index is -0.864.